The molecule has 1 heteroatoms. The molecule has 0 fully saturated rings. The van der Waals surface area contributed by atoms with Crippen LogP contribution in [0.5, 0.6) is 0 Å². The highest BCUT2D eigenvalue weighted by molar-refractivity contribution is 6.67. The Bertz CT molecular complexity index is 3570. The molecule has 0 spiro atoms. The molecule has 0 aromatic heterocycles. The summed E-state index contributed by atoms with van der Waals surface area (Å²) >= 11 is 0. The van der Waals surface area contributed by atoms with Gasteiger partial charge < -0.3 is 0 Å². The maximum Gasteiger partial charge on any atom is 0.121 e. The highest BCUT2D eigenvalue weighted by atomic mass is 28.2. The van der Waals surface area contributed by atoms with Crippen molar-refractivity contribution in [2.45, 2.75) is 0 Å². The van der Waals surface area contributed by atoms with Crippen LogP contribution in [0.25, 0.3) is 109 Å². The minimum absolute atomic E-state index is 0.539. The summed E-state index contributed by atoms with van der Waals surface area (Å²) in [4.78, 5) is 0. The molecule has 12 aromatic rings. The molecule has 0 nitrogen and oxygen atoms in total. The van der Waals surface area contributed by atoms with Gasteiger partial charge in [0, 0.05) is 0 Å². The number of benzene rings is 12. The molecule has 0 saturated heterocycles. The molecular weight excluding hydrogens is 749 g/mol. The van der Waals surface area contributed by atoms with Crippen LogP contribution >= 0.6 is 0 Å². The number of rotatable bonds is 6. The Hall–Kier alpha value is -7.58. The quantitative estimate of drug-likeness (QED) is 0.0895. The first kappa shape index (κ1) is 35.4. The summed E-state index contributed by atoms with van der Waals surface area (Å²) in [6.45, 7) is 0. The maximum atomic E-state index is 2.50. The second-order valence-corrected chi connectivity index (χ2v) is 17.5. The molecule has 12 rings (SSSR count). The summed E-state index contributed by atoms with van der Waals surface area (Å²) in [5.41, 5.74) is 9.92. The zero-order valence-electron chi connectivity index (χ0n) is 33.4. The lowest BCUT2D eigenvalue weighted by Gasteiger charge is -2.21. The van der Waals surface area contributed by atoms with Crippen molar-refractivity contribution in [2.75, 3.05) is 0 Å². The minimum atomic E-state index is 0.539. The van der Waals surface area contributed by atoms with E-state index in [1.54, 1.807) is 0 Å². The maximum absolute atomic E-state index is 2.50. The molecule has 0 aliphatic rings. The molecule has 0 amide bonds. The van der Waals surface area contributed by atoms with Crippen molar-refractivity contribution < 1.29 is 0 Å². The van der Waals surface area contributed by atoms with Crippen molar-refractivity contribution in [3.8, 4) is 44.5 Å². The van der Waals surface area contributed by atoms with Gasteiger partial charge >= 0.3 is 0 Å². The topological polar surface area (TPSA) is 0 Å². The van der Waals surface area contributed by atoms with E-state index < -0.39 is 0 Å². The molecular formula is C60H38Si. The molecule has 0 unspecified atom stereocenters. The van der Waals surface area contributed by atoms with Gasteiger partial charge in [-0.3, -0.25) is 0 Å². The first-order chi connectivity index (χ1) is 30.2. The Balaban J connectivity index is 1.21. The van der Waals surface area contributed by atoms with Crippen molar-refractivity contribution in [1.29, 1.82) is 0 Å². The van der Waals surface area contributed by atoms with Gasteiger partial charge in [0.2, 0.25) is 0 Å². The SMILES string of the molecule is c1ccc([Si]c2ccc3c(-c4cc(-c5cccc6ccccc56)cc(-c5cccc6ccccc56)c4)c4ccccc4c(-c4cc5ccccc5c5ccccc45)c3c2)cc1. The van der Waals surface area contributed by atoms with Gasteiger partial charge in [0.05, 0.1) is 0 Å². The van der Waals surface area contributed by atoms with Crippen LogP contribution in [-0.2, 0) is 0 Å². The van der Waals surface area contributed by atoms with E-state index in [4.69, 9.17) is 0 Å². The lowest BCUT2D eigenvalue weighted by molar-refractivity contribution is 1.61. The Morgan fingerprint density at radius 1 is 0.213 bits per heavy atom. The van der Waals surface area contributed by atoms with Crippen molar-refractivity contribution >= 4 is 84.5 Å². The molecule has 0 saturated carbocycles. The number of hydrogen-bond donors (Lipinski definition) is 0. The highest BCUT2D eigenvalue weighted by Crippen LogP contribution is 2.48. The fourth-order valence-electron chi connectivity index (χ4n) is 9.84. The predicted molar refractivity (Wildman–Crippen MR) is 265 cm³/mol. The molecule has 0 bridgehead atoms. The number of fused-ring (bicyclic) bond motifs is 7. The van der Waals surface area contributed by atoms with Gasteiger partial charge in [-0.05, 0) is 133 Å². The Morgan fingerprint density at radius 3 is 1.34 bits per heavy atom. The van der Waals surface area contributed by atoms with Gasteiger partial charge in [-0.15, -0.1) is 0 Å². The molecule has 0 heterocycles. The Labute approximate surface area is 357 Å². The van der Waals surface area contributed by atoms with Crippen LogP contribution in [0.15, 0.2) is 231 Å². The van der Waals surface area contributed by atoms with E-state index in [1.807, 2.05) is 0 Å². The average molecular weight is 787 g/mol. The summed E-state index contributed by atoms with van der Waals surface area (Å²) in [5.74, 6) is 0. The van der Waals surface area contributed by atoms with Crippen LogP contribution in [0.4, 0.5) is 0 Å². The third-order valence-electron chi connectivity index (χ3n) is 12.5. The molecule has 61 heavy (non-hydrogen) atoms. The molecule has 0 atom stereocenters. The van der Waals surface area contributed by atoms with Gasteiger partial charge in [0.15, 0.2) is 0 Å². The van der Waals surface area contributed by atoms with E-state index in [9.17, 15) is 0 Å². The van der Waals surface area contributed by atoms with E-state index in [1.165, 1.54) is 120 Å². The third-order valence-corrected chi connectivity index (χ3v) is 13.8. The largest absolute Gasteiger partial charge is 0.121 e. The fraction of sp³-hybridized carbons (Fsp3) is 0. The van der Waals surface area contributed by atoms with E-state index in [0.29, 0.717) is 9.52 Å². The van der Waals surface area contributed by atoms with Crippen molar-refractivity contribution in [3.05, 3.63) is 231 Å². The monoisotopic (exact) mass is 786 g/mol. The predicted octanol–water partition coefficient (Wildman–Crippen LogP) is 14.9. The minimum Gasteiger partial charge on any atom is -0.0631 e. The van der Waals surface area contributed by atoms with Gasteiger partial charge in [-0.2, -0.15) is 0 Å². The standard InChI is InChI=1S/C60H38Si/c1-2-21-45(22-3-1)61-46-32-33-56-58(38-46)60(57-37-41-18-6-9-25-49(41)52-26-10-11-27-53(52)57)55-29-13-12-28-54(55)59(56)44-35-42(50-30-14-19-39-16-4-7-23-47(39)50)34-43(36-44)51-31-15-20-40-17-5-8-24-48(40)51/h1-38H. The summed E-state index contributed by atoms with van der Waals surface area (Å²) in [6.07, 6.45) is 0. The third kappa shape index (κ3) is 6.05. The second kappa shape index (κ2) is 14.6. The van der Waals surface area contributed by atoms with Crippen LogP contribution in [-0.4, -0.2) is 9.52 Å². The smallest absolute Gasteiger partial charge is 0.0631 e. The Morgan fingerprint density at radius 2 is 0.689 bits per heavy atom. The van der Waals surface area contributed by atoms with E-state index in [0.717, 1.165) is 0 Å². The van der Waals surface area contributed by atoms with Gasteiger partial charge in [0.25, 0.3) is 0 Å². The van der Waals surface area contributed by atoms with Gasteiger partial charge in [-0.25, -0.2) is 0 Å². The fourth-order valence-corrected chi connectivity index (χ4v) is 10.9. The highest BCUT2D eigenvalue weighted by Gasteiger charge is 2.21. The second-order valence-electron chi connectivity index (χ2n) is 16.1. The van der Waals surface area contributed by atoms with E-state index >= 15 is 0 Å². The zero-order chi connectivity index (χ0) is 40.3. The van der Waals surface area contributed by atoms with Crippen LogP contribution in [0.3, 0.4) is 0 Å². The molecule has 0 aliphatic heterocycles. The lowest BCUT2D eigenvalue weighted by Crippen LogP contribution is -2.26. The summed E-state index contributed by atoms with van der Waals surface area (Å²) < 4.78 is 0. The molecule has 12 aromatic carbocycles. The molecule has 282 valence electrons. The van der Waals surface area contributed by atoms with Gasteiger partial charge in [-0.1, -0.05) is 217 Å². The Kier molecular flexibility index (Phi) is 8.47. The van der Waals surface area contributed by atoms with E-state index in [-0.39, 0.29) is 0 Å². The zero-order valence-corrected chi connectivity index (χ0v) is 34.4. The van der Waals surface area contributed by atoms with Crippen LogP contribution < -0.4 is 10.4 Å². The summed E-state index contributed by atoms with van der Waals surface area (Å²) in [5, 5.41) is 17.8. The van der Waals surface area contributed by atoms with Crippen LogP contribution in [0.2, 0.25) is 0 Å². The molecule has 0 aliphatic carbocycles. The van der Waals surface area contributed by atoms with Crippen LogP contribution in [0.1, 0.15) is 0 Å². The average Bonchev–Trinajstić information content (AvgIpc) is 3.33. The lowest BCUT2D eigenvalue weighted by atomic mass is 9.82. The first-order valence-corrected chi connectivity index (χ1v) is 22.1. The summed E-state index contributed by atoms with van der Waals surface area (Å²) in [7, 11) is 0.539. The van der Waals surface area contributed by atoms with Crippen LogP contribution in [0, 0.1) is 0 Å². The summed E-state index contributed by atoms with van der Waals surface area (Å²) in [6, 6.07) is 85.8. The van der Waals surface area contributed by atoms with E-state index in [2.05, 4.69) is 231 Å². The normalized spacial score (nSPS) is 11.7. The molecule has 0 N–H and O–H groups in total. The number of hydrogen-bond acceptors (Lipinski definition) is 0. The van der Waals surface area contributed by atoms with Crippen molar-refractivity contribution in [2.24, 2.45) is 0 Å². The van der Waals surface area contributed by atoms with Crippen molar-refractivity contribution in [1.82, 2.24) is 0 Å². The van der Waals surface area contributed by atoms with Gasteiger partial charge in [0.1, 0.15) is 9.52 Å². The van der Waals surface area contributed by atoms with Crippen molar-refractivity contribution in [3.63, 3.8) is 0 Å². The first-order valence-electron chi connectivity index (χ1n) is 21.1. The molecule has 2 radical (unpaired) electrons.